The van der Waals surface area contributed by atoms with Crippen LogP contribution in [0.5, 0.6) is 0 Å². The van der Waals surface area contributed by atoms with Gasteiger partial charge in [0, 0.05) is 0 Å². The van der Waals surface area contributed by atoms with Gasteiger partial charge in [-0.25, -0.2) is 4.79 Å². The first kappa shape index (κ1) is 18.5. The Morgan fingerprint density at radius 2 is 1.86 bits per heavy atom. The summed E-state index contributed by atoms with van der Waals surface area (Å²) >= 11 is 0. The summed E-state index contributed by atoms with van der Waals surface area (Å²) in [5.41, 5.74) is 4.93. The molecular weight excluding hydrogens is 196 g/mol. The Balaban J connectivity index is -0.000000605. The average Bonchev–Trinajstić information content (AvgIpc) is 1.98. The molecule has 0 saturated heterocycles. The standard InChI is InChI=1S/C6H12N2O4.2H2O/c1-3(9)5(6(11)12)8-4(10)2-7;;/h3,5,9H,2,7H2,1H3,(H,8,10)(H,11,12);2*1H2. The first-order valence-corrected chi connectivity index (χ1v) is 3.39. The van der Waals surface area contributed by atoms with Gasteiger partial charge in [0.15, 0.2) is 6.04 Å². The molecule has 8 nitrogen and oxygen atoms in total. The Kier molecular flexibility index (Phi) is 11.1. The maximum Gasteiger partial charge on any atom is 0.328 e. The lowest BCUT2D eigenvalue weighted by atomic mass is 10.2. The van der Waals surface area contributed by atoms with Gasteiger partial charge in [-0.05, 0) is 6.92 Å². The molecule has 0 rings (SSSR count). The highest BCUT2D eigenvalue weighted by Gasteiger charge is 2.23. The van der Waals surface area contributed by atoms with E-state index in [4.69, 9.17) is 15.9 Å². The number of carbonyl (C=O) groups is 2. The number of rotatable bonds is 4. The van der Waals surface area contributed by atoms with Crippen molar-refractivity contribution >= 4 is 11.9 Å². The number of hydrogen-bond acceptors (Lipinski definition) is 4. The number of aliphatic carboxylic acids is 1. The zero-order valence-corrected chi connectivity index (χ0v) is 7.65. The van der Waals surface area contributed by atoms with Crippen LogP contribution in [0.2, 0.25) is 0 Å². The fourth-order valence-electron chi connectivity index (χ4n) is 0.621. The van der Waals surface area contributed by atoms with Crippen LogP contribution in [0.15, 0.2) is 0 Å². The van der Waals surface area contributed by atoms with E-state index < -0.39 is 24.0 Å². The number of nitrogens with two attached hydrogens (primary N) is 1. The van der Waals surface area contributed by atoms with E-state index in [1.807, 2.05) is 0 Å². The average molecular weight is 212 g/mol. The van der Waals surface area contributed by atoms with E-state index in [0.717, 1.165) is 0 Å². The molecule has 0 fully saturated rings. The first-order valence-electron chi connectivity index (χ1n) is 3.39. The minimum absolute atomic E-state index is 0. The van der Waals surface area contributed by atoms with Crippen molar-refractivity contribution in [3.05, 3.63) is 0 Å². The van der Waals surface area contributed by atoms with Crippen LogP contribution in [0.25, 0.3) is 0 Å². The van der Waals surface area contributed by atoms with E-state index in [1.165, 1.54) is 6.92 Å². The molecule has 0 aromatic rings. The molecule has 86 valence electrons. The Hall–Kier alpha value is -1.22. The van der Waals surface area contributed by atoms with E-state index in [9.17, 15) is 9.59 Å². The largest absolute Gasteiger partial charge is 0.480 e. The minimum atomic E-state index is -1.29. The van der Waals surface area contributed by atoms with Gasteiger partial charge < -0.3 is 32.2 Å². The summed E-state index contributed by atoms with van der Waals surface area (Å²) in [7, 11) is 0. The first-order chi connectivity index (χ1) is 5.49. The molecule has 0 aromatic heterocycles. The van der Waals surface area contributed by atoms with Gasteiger partial charge in [0.25, 0.3) is 0 Å². The van der Waals surface area contributed by atoms with Crippen molar-refractivity contribution in [1.29, 1.82) is 0 Å². The Morgan fingerprint density at radius 3 is 2.07 bits per heavy atom. The van der Waals surface area contributed by atoms with E-state index >= 15 is 0 Å². The number of aliphatic hydroxyl groups is 1. The molecule has 2 unspecified atom stereocenters. The molecule has 0 aliphatic heterocycles. The van der Waals surface area contributed by atoms with Crippen molar-refractivity contribution in [1.82, 2.24) is 5.32 Å². The van der Waals surface area contributed by atoms with Crippen LogP contribution in [0, 0.1) is 0 Å². The minimum Gasteiger partial charge on any atom is -0.480 e. The predicted octanol–water partition coefficient (Wildman–Crippen LogP) is -3.75. The Bertz CT molecular complexity index is 183. The molecular formula is C6H16N2O6. The molecule has 14 heavy (non-hydrogen) atoms. The van der Waals surface area contributed by atoms with Gasteiger partial charge >= 0.3 is 5.97 Å². The fourth-order valence-corrected chi connectivity index (χ4v) is 0.621. The molecule has 9 N–H and O–H groups in total. The van der Waals surface area contributed by atoms with Crippen LogP contribution in [0.4, 0.5) is 0 Å². The lowest BCUT2D eigenvalue weighted by Gasteiger charge is -2.15. The Labute approximate surface area is 80.3 Å². The monoisotopic (exact) mass is 212 g/mol. The van der Waals surface area contributed by atoms with E-state index in [1.54, 1.807) is 0 Å². The normalized spacial score (nSPS) is 12.8. The summed E-state index contributed by atoms with van der Waals surface area (Å²) in [5, 5.41) is 19.4. The van der Waals surface area contributed by atoms with Crippen LogP contribution in [-0.4, -0.2) is 51.7 Å². The SMILES string of the molecule is CC(O)C(NC(=O)CN)C(=O)O.O.O. The van der Waals surface area contributed by atoms with Crippen molar-refractivity contribution in [2.75, 3.05) is 6.54 Å². The molecule has 0 spiro atoms. The van der Waals surface area contributed by atoms with Crippen LogP contribution in [-0.2, 0) is 9.59 Å². The smallest absolute Gasteiger partial charge is 0.328 e. The molecule has 0 radical (unpaired) electrons. The third kappa shape index (κ3) is 6.31. The van der Waals surface area contributed by atoms with Crippen molar-refractivity contribution < 1.29 is 30.8 Å². The van der Waals surface area contributed by atoms with E-state index in [0.29, 0.717) is 0 Å². The highest BCUT2D eigenvalue weighted by atomic mass is 16.4. The number of carboxylic acids is 1. The van der Waals surface area contributed by atoms with Gasteiger partial charge in [0.1, 0.15) is 0 Å². The third-order valence-electron chi connectivity index (χ3n) is 1.25. The quantitative estimate of drug-likeness (QED) is 0.373. The van der Waals surface area contributed by atoms with E-state index in [-0.39, 0.29) is 17.5 Å². The summed E-state index contributed by atoms with van der Waals surface area (Å²) in [6.45, 7) is 0.978. The molecule has 0 aromatic carbocycles. The number of carboxylic acid groups (broad SMARTS) is 1. The molecule has 0 heterocycles. The third-order valence-corrected chi connectivity index (χ3v) is 1.25. The predicted molar refractivity (Wildman–Crippen MR) is 47.5 cm³/mol. The van der Waals surface area contributed by atoms with Crippen LogP contribution < -0.4 is 11.1 Å². The number of nitrogens with one attached hydrogen (secondary N) is 1. The van der Waals surface area contributed by atoms with Gasteiger partial charge in [-0.2, -0.15) is 0 Å². The zero-order chi connectivity index (χ0) is 9.72. The van der Waals surface area contributed by atoms with Crippen molar-refractivity contribution in [3.63, 3.8) is 0 Å². The topological polar surface area (TPSA) is 176 Å². The molecule has 0 saturated carbocycles. The molecule has 8 heteroatoms. The van der Waals surface area contributed by atoms with Crippen LogP contribution in [0.1, 0.15) is 6.92 Å². The van der Waals surface area contributed by atoms with Gasteiger partial charge in [0.05, 0.1) is 12.6 Å². The van der Waals surface area contributed by atoms with Crippen LogP contribution in [0.3, 0.4) is 0 Å². The second-order valence-electron chi connectivity index (χ2n) is 2.33. The summed E-state index contributed by atoms with van der Waals surface area (Å²) in [6.07, 6.45) is -1.14. The van der Waals surface area contributed by atoms with Gasteiger partial charge in [0.2, 0.25) is 5.91 Å². The number of aliphatic hydroxyl groups excluding tert-OH is 1. The zero-order valence-electron chi connectivity index (χ0n) is 7.65. The maximum atomic E-state index is 10.6. The summed E-state index contributed by atoms with van der Waals surface area (Å²) in [4.78, 5) is 21.0. The van der Waals surface area contributed by atoms with Crippen molar-refractivity contribution in [3.8, 4) is 0 Å². The maximum absolute atomic E-state index is 10.6. The lowest BCUT2D eigenvalue weighted by molar-refractivity contribution is -0.144. The van der Waals surface area contributed by atoms with E-state index in [2.05, 4.69) is 5.32 Å². The highest BCUT2D eigenvalue weighted by molar-refractivity contribution is 5.84. The summed E-state index contributed by atoms with van der Waals surface area (Å²) in [6, 6.07) is -1.29. The second-order valence-corrected chi connectivity index (χ2v) is 2.33. The Morgan fingerprint density at radius 1 is 1.43 bits per heavy atom. The molecule has 0 aliphatic carbocycles. The van der Waals surface area contributed by atoms with Crippen molar-refractivity contribution in [2.45, 2.75) is 19.1 Å². The summed E-state index contributed by atoms with van der Waals surface area (Å²) < 4.78 is 0. The lowest BCUT2D eigenvalue weighted by Crippen LogP contribution is -2.49. The highest BCUT2D eigenvalue weighted by Crippen LogP contribution is 1.91. The molecule has 0 aliphatic rings. The second kappa shape index (κ2) is 8.38. The van der Waals surface area contributed by atoms with Crippen molar-refractivity contribution in [2.24, 2.45) is 5.73 Å². The molecule has 1 amide bonds. The number of hydrogen-bond donors (Lipinski definition) is 4. The number of amides is 1. The molecule has 2 atom stereocenters. The fraction of sp³-hybridized carbons (Fsp3) is 0.667. The summed E-state index contributed by atoms with van der Waals surface area (Å²) in [5.74, 6) is -1.89. The van der Waals surface area contributed by atoms with Gasteiger partial charge in [-0.1, -0.05) is 0 Å². The van der Waals surface area contributed by atoms with Crippen LogP contribution >= 0.6 is 0 Å². The van der Waals surface area contributed by atoms with Gasteiger partial charge in [-0.15, -0.1) is 0 Å². The number of carbonyl (C=O) groups excluding carboxylic acids is 1. The van der Waals surface area contributed by atoms with Gasteiger partial charge in [-0.3, -0.25) is 4.79 Å². The molecule has 0 bridgehead atoms.